The fourth-order valence-electron chi connectivity index (χ4n) is 4.73. The van der Waals surface area contributed by atoms with Crippen LogP contribution in [0.2, 0.25) is 0 Å². The minimum atomic E-state index is 0. The van der Waals surface area contributed by atoms with Gasteiger partial charge >= 0.3 is 0 Å². The molecule has 0 bridgehead atoms. The van der Waals surface area contributed by atoms with Crippen molar-refractivity contribution in [2.75, 3.05) is 33.3 Å². The number of benzene rings is 1. The Morgan fingerprint density at radius 1 is 1.32 bits per heavy atom. The van der Waals surface area contributed by atoms with Crippen LogP contribution >= 0.6 is 24.0 Å². The Hall–Kier alpha value is -1.51. The van der Waals surface area contributed by atoms with Crippen molar-refractivity contribution in [2.45, 2.75) is 64.3 Å². The van der Waals surface area contributed by atoms with Gasteiger partial charge in [-0.15, -0.1) is 24.0 Å². The van der Waals surface area contributed by atoms with E-state index in [4.69, 9.17) is 9.73 Å². The van der Waals surface area contributed by atoms with Crippen molar-refractivity contribution in [1.82, 2.24) is 15.5 Å². The number of carbonyl (C=O) groups is 1. The fraction of sp³-hybridized carbons (Fsp3) is 0.667. The van der Waals surface area contributed by atoms with Gasteiger partial charge in [0, 0.05) is 37.0 Å². The average molecular weight is 543 g/mol. The van der Waals surface area contributed by atoms with Gasteiger partial charge in [-0.2, -0.15) is 0 Å². The lowest BCUT2D eigenvalue weighted by atomic mass is 9.79. The lowest BCUT2D eigenvalue weighted by Gasteiger charge is -2.29. The van der Waals surface area contributed by atoms with Crippen molar-refractivity contribution in [3.8, 4) is 5.75 Å². The topological polar surface area (TPSA) is 66.0 Å². The lowest BCUT2D eigenvalue weighted by molar-refractivity contribution is -0.133. The highest BCUT2D eigenvalue weighted by Crippen LogP contribution is 2.42. The molecular formula is C24H39IN4O2. The van der Waals surface area contributed by atoms with Crippen LogP contribution in [0.1, 0.15) is 58.4 Å². The van der Waals surface area contributed by atoms with E-state index in [0.29, 0.717) is 0 Å². The number of hydrogen-bond donors (Lipinski definition) is 2. The molecule has 2 fully saturated rings. The molecule has 1 aliphatic heterocycles. The Labute approximate surface area is 204 Å². The minimum absolute atomic E-state index is 0. The number of guanidine groups is 1. The minimum Gasteiger partial charge on any atom is -0.497 e. The van der Waals surface area contributed by atoms with Gasteiger partial charge in [0.15, 0.2) is 5.96 Å². The second kappa shape index (κ2) is 11.9. The Bertz CT molecular complexity index is 747. The third-order valence-corrected chi connectivity index (χ3v) is 6.46. The van der Waals surface area contributed by atoms with Gasteiger partial charge in [0.1, 0.15) is 5.75 Å². The van der Waals surface area contributed by atoms with Crippen LogP contribution in [0.5, 0.6) is 5.75 Å². The van der Waals surface area contributed by atoms with Crippen LogP contribution in [0.4, 0.5) is 0 Å². The molecule has 6 nitrogen and oxygen atoms in total. The molecule has 174 valence electrons. The van der Waals surface area contributed by atoms with Gasteiger partial charge in [0.05, 0.1) is 13.7 Å². The van der Waals surface area contributed by atoms with Crippen LogP contribution < -0.4 is 15.4 Å². The zero-order valence-electron chi connectivity index (χ0n) is 19.4. The van der Waals surface area contributed by atoms with E-state index in [0.717, 1.165) is 57.2 Å². The van der Waals surface area contributed by atoms with Crippen molar-refractivity contribution >= 4 is 35.8 Å². The van der Waals surface area contributed by atoms with Crippen molar-refractivity contribution in [2.24, 2.45) is 10.9 Å². The number of halogens is 1. The smallest absolute Gasteiger partial charge is 0.225 e. The SMILES string of the molecule is CCNC(=NCC1(c2cccc(OC)c2)CCCC1)NC1CCN(C(=O)C(C)C)C1.I. The van der Waals surface area contributed by atoms with Crippen LogP contribution in [0.15, 0.2) is 29.3 Å². The van der Waals surface area contributed by atoms with Crippen molar-refractivity contribution in [3.05, 3.63) is 29.8 Å². The molecule has 2 aliphatic rings. The Morgan fingerprint density at radius 2 is 2.06 bits per heavy atom. The van der Waals surface area contributed by atoms with E-state index in [1.54, 1.807) is 7.11 Å². The second-order valence-electron chi connectivity index (χ2n) is 8.98. The van der Waals surface area contributed by atoms with E-state index < -0.39 is 0 Å². The number of rotatable bonds is 7. The molecule has 1 aliphatic carbocycles. The summed E-state index contributed by atoms with van der Waals surface area (Å²) in [4.78, 5) is 19.3. The molecule has 31 heavy (non-hydrogen) atoms. The summed E-state index contributed by atoms with van der Waals surface area (Å²) in [5.74, 6) is 2.06. The highest BCUT2D eigenvalue weighted by molar-refractivity contribution is 14.0. The Kier molecular flexibility index (Phi) is 9.90. The zero-order valence-corrected chi connectivity index (χ0v) is 21.8. The maximum Gasteiger partial charge on any atom is 0.225 e. The standard InChI is InChI=1S/C24H38N4O2.HI/c1-5-25-23(27-20-11-14-28(16-20)22(29)18(2)3)26-17-24(12-6-7-13-24)19-9-8-10-21(15-19)30-4;/h8-10,15,18,20H,5-7,11-14,16-17H2,1-4H3,(H2,25,26,27);1H. The maximum atomic E-state index is 12.3. The highest BCUT2D eigenvalue weighted by atomic mass is 127. The van der Waals surface area contributed by atoms with E-state index in [-0.39, 0.29) is 47.3 Å². The molecule has 1 saturated carbocycles. The molecule has 1 aromatic carbocycles. The number of likely N-dealkylation sites (tertiary alicyclic amines) is 1. The van der Waals surface area contributed by atoms with E-state index in [1.807, 2.05) is 24.8 Å². The summed E-state index contributed by atoms with van der Waals surface area (Å²) >= 11 is 0. The molecule has 0 aromatic heterocycles. The number of aliphatic imine (C=N–C) groups is 1. The highest BCUT2D eigenvalue weighted by Gasteiger charge is 2.36. The van der Waals surface area contributed by atoms with E-state index in [1.165, 1.54) is 18.4 Å². The van der Waals surface area contributed by atoms with Crippen LogP contribution in [-0.2, 0) is 10.2 Å². The summed E-state index contributed by atoms with van der Waals surface area (Å²) in [5.41, 5.74) is 1.40. The van der Waals surface area contributed by atoms with Crippen molar-refractivity contribution in [1.29, 1.82) is 0 Å². The van der Waals surface area contributed by atoms with Gasteiger partial charge in [0.2, 0.25) is 5.91 Å². The third kappa shape index (κ3) is 6.49. The number of nitrogens with one attached hydrogen (secondary N) is 2. The number of methoxy groups -OCH3 is 1. The van der Waals surface area contributed by atoms with Gasteiger partial charge in [-0.3, -0.25) is 9.79 Å². The van der Waals surface area contributed by atoms with Gasteiger partial charge in [-0.25, -0.2) is 0 Å². The maximum absolute atomic E-state index is 12.3. The largest absolute Gasteiger partial charge is 0.497 e. The predicted octanol–water partition coefficient (Wildman–Crippen LogP) is 3.94. The van der Waals surface area contributed by atoms with Gasteiger partial charge in [-0.05, 0) is 43.9 Å². The van der Waals surface area contributed by atoms with E-state index >= 15 is 0 Å². The molecule has 1 atom stereocenters. The summed E-state index contributed by atoms with van der Waals surface area (Å²) in [5, 5.41) is 6.98. The van der Waals surface area contributed by atoms with Crippen molar-refractivity contribution < 1.29 is 9.53 Å². The first kappa shape index (κ1) is 25.7. The van der Waals surface area contributed by atoms with Crippen LogP contribution in [-0.4, -0.2) is 56.1 Å². The summed E-state index contributed by atoms with van der Waals surface area (Å²) in [6, 6.07) is 8.73. The van der Waals surface area contributed by atoms with Gasteiger partial charge < -0.3 is 20.3 Å². The molecule has 1 heterocycles. The van der Waals surface area contributed by atoms with Gasteiger partial charge in [0.25, 0.3) is 0 Å². The first-order chi connectivity index (χ1) is 14.5. The third-order valence-electron chi connectivity index (χ3n) is 6.46. The number of nitrogens with zero attached hydrogens (tertiary/aromatic N) is 2. The number of amides is 1. The molecule has 1 aromatic rings. The molecule has 7 heteroatoms. The zero-order chi connectivity index (χ0) is 21.6. The van der Waals surface area contributed by atoms with Crippen molar-refractivity contribution in [3.63, 3.8) is 0 Å². The average Bonchev–Trinajstić information content (AvgIpc) is 3.42. The number of hydrogen-bond acceptors (Lipinski definition) is 3. The summed E-state index contributed by atoms with van der Waals surface area (Å²) in [7, 11) is 1.72. The normalized spacial score (nSPS) is 20.5. The molecule has 1 amide bonds. The molecule has 0 spiro atoms. The quantitative estimate of drug-likeness (QED) is 0.311. The molecule has 2 N–H and O–H groups in total. The molecular weight excluding hydrogens is 503 g/mol. The van der Waals surface area contributed by atoms with Gasteiger partial charge in [-0.1, -0.05) is 38.8 Å². The fourth-order valence-corrected chi connectivity index (χ4v) is 4.73. The molecule has 3 rings (SSSR count). The predicted molar refractivity (Wildman–Crippen MR) is 137 cm³/mol. The summed E-state index contributed by atoms with van der Waals surface area (Å²) in [6.45, 7) is 9.18. The number of carbonyl (C=O) groups excluding carboxylic acids is 1. The first-order valence-corrected chi connectivity index (χ1v) is 11.5. The first-order valence-electron chi connectivity index (χ1n) is 11.5. The number of ether oxygens (including phenoxy) is 1. The monoisotopic (exact) mass is 542 g/mol. The molecule has 1 saturated heterocycles. The van der Waals surface area contributed by atoms with Crippen LogP contribution in [0.25, 0.3) is 0 Å². The van der Waals surface area contributed by atoms with Crippen LogP contribution in [0, 0.1) is 5.92 Å². The van der Waals surface area contributed by atoms with E-state index in [2.05, 4.69) is 35.8 Å². The Morgan fingerprint density at radius 3 is 2.71 bits per heavy atom. The Balaban J connectivity index is 0.00000341. The summed E-state index contributed by atoms with van der Waals surface area (Å²) < 4.78 is 5.47. The lowest BCUT2D eigenvalue weighted by Crippen LogP contribution is -2.46. The summed E-state index contributed by atoms with van der Waals surface area (Å²) in [6.07, 6.45) is 5.76. The molecule has 0 radical (unpaired) electrons. The van der Waals surface area contributed by atoms with E-state index in [9.17, 15) is 4.79 Å². The van der Waals surface area contributed by atoms with Crippen LogP contribution in [0.3, 0.4) is 0 Å². The second-order valence-corrected chi connectivity index (χ2v) is 8.98. The molecule has 1 unspecified atom stereocenters.